The van der Waals surface area contributed by atoms with Crippen molar-refractivity contribution in [2.24, 2.45) is 0 Å². The predicted molar refractivity (Wildman–Crippen MR) is 45.7 cm³/mol. The van der Waals surface area contributed by atoms with E-state index in [9.17, 15) is 4.39 Å². The summed E-state index contributed by atoms with van der Waals surface area (Å²) < 4.78 is 12.9. The van der Waals surface area contributed by atoms with Gasteiger partial charge < -0.3 is 0 Å². The lowest BCUT2D eigenvalue weighted by atomic mass is 10.1. The van der Waals surface area contributed by atoms with Gasteiger partial charge in [-0.1, -0.05) is 11.6 Å². The molecule has 1 aromatic carbocycles. The normalized spacial score (nSPS) is 13.1. The van der Waals surface area contributed by atoms with E-state index in [2.05, 4.69) is 0 Å². The molecule has 3 heteroatoms. The van der Waals surface area contributed by atoms with Gasteiger partial charge in [0, 0.05) is 10.6 Å². The van der Waals surface area contributed by atoms with E-state index in [-0.39, 0.29) is 11.2 Å². The minimum Gasteiger partial charge on any atom is -0.207 e. The number of rotatable bonds is 1. The van der Waals surface area contributed by atoms with Gasteiger partial charge in [-0.15, -0.1) is 11.6 Å². The summed E-state index contributed by atoms with van der Waals surface area (Å²) in [5.41, 5.74) is 0.444. The Bertz CT molecular complexity index is 258. The lowest BCUT2D eigenvalue weighted by molar-refractivity contribution is 0.610. The summed E-state index contributed by atoms with van der Waals surface area (Å²) in [5, 5.41) is 0.169. The molecule has 0 nitrogen and oxygen atoms in total. The van der Waals surface area contributed by atoms with E-state index in [1.165, 1.54) is 18.2 Å². The Morgan fingerprint density at radius 1 is 1.45 bits per heavy atom. The third-order valence-electron chi connectivity index (χ3n) is 1.39. The second kappa shape index (κ2) is 3.42. The smallest absolute Gasteiger partial charge is 0.127 e. The van der Waals surface area contributed by atoms with E-state index in [1.54, 1.807) is 6.92 Å². The maximum absolute atomic E-state index is 12.9. The second-order valence-electron chi connectivity index (χ2n) is 2.28. The fourth-order valence-electron chi connectivity index (χ4n) is 0.819. The summed E-state index contributed by atoms with van der Waals surface area (Å²) >= 11 is 11.3. The molecular weight excluding hydrogens is 186 g/mol. The van der Waals surface area contributed by atoms with E-state index in [1.807, 2.05) is 0 Å². The lowest BCUT2D eigenvalue weighted by Gasteiger charge is -2.04. The number of hydrogen-bond acceptors (Lipinski definition) is 0. The molecule has 0 amide bonds. The highest BCUT2D eigenvalue weighted by atomic mass is 35.5. The summed E-state index contributed by atoms with van der Waals surface area (Å²) in [4.78, 5) is 0. The van der Waals surface area contributed by atoms with Gasteiger partial charge in [0.05, 0.1) is 5.38 Å². The summed E-state index contributed by atoms with van der Waals surface area (Å²) in [5.74, 6) is -0.308. The van der Waals surface area contributed by atoms with Crippen molar-refractivity contribution in [3.63, 3.8) is 0 Å². The van der Waals surface area contributed by atoms with Crippen LogP contribution < -0.4 is 0 Å². The van der Waals surface area contributed by atoms with Gasteiger partial charge in [-0.3, -0.25) is 0 Å². The van der Waals surface area contributed by atoms with Crippen LogP contribution in [0.1, 0.15) is 17.9 Å². The van der Waals surface area contributed by atoms with Crippen LogP contribution in [0, 0.1) is 5.82 Å². The number of halogens is 3. The molecule has 1 atom stereocenters. The first-order chi connectivity index (χ1) is 5.11. The predicted octanol–water partition coefficient (Wildman–Crippen LogP) is 3.78. The minimum atomic E-state index is -0.339. The van der Waals surface area contributed by atoms with Gasteiger partial charge in [-0.2, -0.15) is 0 Å². The van der Waals surface area contributed by atoms with Crippen molar-refractivity contribution >= 4 is 23.2 Å². The van der Waals surface area contributed by atoms with E-state index < -0.39 is 0 Å². The van der Waals surface area contributed by atoms with Crippen LogP contribution in [0.2, 0.25) is 5.02 Å². The van der Waals surface area contributed by atoms with Crippen molar-refractivity contribution in [1.82, 2.24) is 0 Å². The molecule has 0 radical (unpaired) electrons. The van der Waals surface area contributed by atoms with Crippen molar-refractivity contribution in [2.75, 3.05) is 0 Å². The van der Waals surface area contributed by atoms with Crippen LogP contribution >= 0.6 is 23.2 Å². The monoisotopic (exact) mass is 192 g/mol. The summed E-state index contributed by atoms with van der Waals surface area (Å²) in [6, 6.07) is 4.35. The fraction of sp³-hybridized carbons (Fsp3) is 0.250. The molecule has 1 unspecified atom stereocenters. The molecule has 0 aromatic heterocycles. The topological polar surface area (TPSA) is 0 Å². The van der Waals surface area contributed by atoms with Gasteiger partial charge >= 0.3 is 0 Å². The average Bonchev–Trinajstić information content (AvgIpc) is 1.94. The lowest BCUT2D eigenvalue weighted by Crippen LogP contribution is -1.89. The third kappa shape index (κ3) is 2.08. The highest BCUT2D eigenvalue weighted by Crippen LogP contribution is 2.25. The molecule has 0 aliphatic heterocycles. The largest absolute Gasteiger partial charge is 0.207 e. The van der Waals surface area contributed by atoms with Gasteiger partial charge in [-0.05, 0) is 25.1 Å². The molecule has 60 valence electrons. The Labute approximate surface area is 74.9 Å². The van der Waals surface area contributed by atoms with Crippen LogP contribution in [0.15, 0.2) is 18.2 Å². The average molecular weight is 193 g/mol. The molecule has 0 bridgehead atoms. The van der Waals surface area contributed by atoms with E-state index in [0.29, 0.717) is 10.6 Å². The van der Waals surface area contributed by atoms with Crippen molar-refractivity contribution < 1.29 is 4.39 Å². The van der Waals surface area contributed by atoms with Crippen LogP contribution in [-0.4, -0.2) is 0 Å². The van der Waals surface area contributed by atoms with Gasteiger partial charge in [0.25, 0.3) is 0 Å². The Morgan fingerprint density at radius 3 is 2.55 bits per heavy atom. The molecule has 0 heterocycles. The van der Waals surface area contributed by atoms with Crippen molar-refractivity contribution in [2.45, 2.75) is 12.3 Å². The summed E-state index contributed by atoms with van der Waals surface area (Å²) in [6.07, 6.45) is 0. The molecule has 0 aliphatic rings. The highest BCUT2D eigenvalue weighted by molar-refractivity contribution is 6.30. The number of alkyl halides is 1. The van der Waals surface area contributed by atoms with Gasteiger partial charge in [0.1, 0.15) is 5.82 Å². The van der Waals surface area contributed by atoms with E-state index >= 15 is 0 Å². The first-order valence-corrected chi connectivity index (χ1v) is 4.01. The van der Waals surface area contributed by atoms with Crippen LogP contribution in [0.25, 0.3) is 0 Å². The van der Waals surface area contributed by atoms with Crippen LogP contribution in [0.3, 0.4) is 0 Å². The molecular formula is C8H7Cl2F. The molecule has 11 heavy (non-hydrogen) atoms. The Kier molecular flexibility index (Phi) is 2.74. The third-order valence-corrected chi connectivity index (χ3v) is 1.86. The van der Waals surface area contributed by atoms with Crippen molar-refractivity contribution in [3.8, 4) is 0 Å². The Morgan fingerprint density at radius 2 is 2.09 bits per heavy atom. The Balaban J connectivity index is 3.13. The van der Waals surface area contributed by atoms with Crippen LogP contribution in [-0.2, 0) is 0 Å². The maximum atomic E-state index is 12.9. The Hall–Kier alpha value is -0.270. The molecule has 0 saturated carbocycles. The SMILES string of the molecule is CC(Cl)c1cc(Cl)ccc1F. The maximum Gasteiger partial charge on any atom is 0.127 e. The zero-order valence-electron chi connectivity index (χ0n) is 5.94. The number of hydrogen-bond donors (Lipinski definition) is 0. The molecule has 0 spiro atoms. The molecule has 0 aliphatic carbocycles. The van der Waals surface area contributed by atoms with E-state index in [4.69, 9.17) is 23.2 Å². The van der Waals surface area contributed by atoms with Gasteiger partial charge in [0.15, 0.2) is 0 Å². The summed E-state index contributed by atoms with van der Waals surface area (Å²) in [7, 11) is 0. The van der Waals surface area contributed by atoms with Crippen LogP contribution in [0.5, 0.6) is 0 Å². The van der Waals surface area contributed by atoms with Crippen molar-refractivity contribution in [3.05, 3.63) is 34.6 Å². The van der Waals surface area contributed by atoms with E-state index in [0.717, 1.165) is 0 Å². The zero-order chi connectivity index (χ0) is 8.43. The van der Waals surface area contributed by atoms with Crippen molar-refractivity contribution in [1.29, 1.82) is 0 Å². The quantitative estimate of drug-likeness (QED) is 0.595. The fourth-order valence-corrected chi connectivity index (χ4v) is 1.17. The molecule has 0 N–H and O–H groups in total. The van der Waals surface area contributed by atoms with Gasteiger partial charge in [-0.25, -0.2) is 4.39 Å². The zero-order valence-corrected chi connectivity index (χ0v) is 7.46. The molecule has 0 fully saturated rings. The first-order valence-electron chi connectivity index (χ1n) is 3.20. The summed E-state index contributed by atoms with van der Waals surface area (Å²) in [6.45, 7) is 1.70. The molecule has 1 rings (SSSR count). The first kappa shape index (κ1) is 8.82. The second-order valence-corrected chi connectivity index (χ2v) is 3.37. The van der Waals surface area contributed by atoms with Crippen LogP contribution in [0.4, 0.5) is 4.39 Å². The minimum absolute atomic E-state index is 0.308. The number of benzene rings is 1. The molecule has 1 aromatic rings. The van der Waals surface area contributed by atoms with Gasteiger partial charge in [0.2, 0.25) is 0 Å². The molecule has 0 saturated heterocycles. The standard InChI is InChI=1S/C8H7Cl2F/c1-5(9)7-4-6(10)2-3-8(7)11/h2-5H,1H3. The highest BCUT2D eigenvalue weighted by Gasteiger charge is 2.07.